The van der Waals surface area contributed by atoms with Crippen molar-refractivity contribution in [2.75, 3.05) is 16.4 Å². The molecule has 2 aromatic carbocycles. The van der Waals surface area contributed by atoms with E-state index < -0.39 is 6.04 Å². The van der Waals surface area contributed by atoms with Gasteiger partial charge in [0, 0.05) is 28.7 Å². The zero-order valence-electron chi connectivity index (χ0n) is 15.1. The second-order valence-corrected chi connectivity index (χ2v) is 7.42. The maximum absolute atomic E-state index is 12.4. The van der Waals surface area contributed by atoms with E-state index in [9.17, 15) is 9.59 Å². The summed E-state index contributed by atoms with van der Waals surface area (Å²) in [6.07, 6.45) is 3.36. The van der Waals surface area contributed by atoms with Crippen molar-refractivity contribution in [3.63, 3.8) is 0 Å². The van der Waals surface area contributed by atoms with Crippen LogP contribution in [-0.2, 0) is 9.59 Å². The first-order valence-electron chi connectivity index (χ1n) is 8.60. The monoisotopic (exact) mass is 414 g/mol. The van der Waals surface area contributed by atoms with Crippen LogP contribution in [0.25, 0.3) is 0 Å². The van der Waals surface area contributed by atoms with Gasteiger partial charge in [-0.05, 0) is 43.3 Å². The topological polar surface area (TPSA) is 76.0 Å². The van der Waals surface area contributed by atoms with Gasteiger partial charge < -0.3 is 10.6 Å². The molecular formula is C20H19ClN4O2S. The van der Waals surface area contributed by atoms with E-state index in [-0.39, 0.29) is 17.6 Å². The van der Waals surface area contributed by atoms with Crippen molar-refractivity contribution >= 4 is 46.6 Å². The predicted octanol–water partition coefficient (Wildman–Crippen LogP) is 4.47. The number of carbonyl (C=O) groups is 2. The highest BCUT2D eigenvalue weighted by molar-refractivity contribution is 8.00. The van der Waals surface area contributed by atoms with Crippen molar-refractivity contribution in [3.05, 3.63) is 72.0 Å². The number of nitrogens with zero attached hydrogens (tertiary/aromatic N) is 2. The molecule has 0 aliphatic heterocycles. The summed E-state index contributed by atoms with van der Waals surface area (Å²) in [7, 11) is 0. The van der Waals surface area contributed by atoms with Crippen molar-refractivity contribution in [1.29, 1.82) is 0 Å². The number of thioether (sulfide) groups is 1. The zero-order chi connectivity index (χ0) is 19.9. The largest absolute Gasteiger partial charge is 0.325 e. The van der Waals surface area contributed by atoms with Crippen molar-refractivity contribution in [3.8, 4) is 0 Å². The van der Waals surface area contributed by atoms with E-state index >= 15 is 0 Å². The normalized spacial score (nSPS) is 11.6. The fourth-order valence-electron chi connectivity index (χ4n) is 2.45. The van der Waals surface area contributed by atoms with Crippen LogP contribution in [0.15, 0.2) is 71.9 Å². The number of carbonyl (C=O) groups excluding carboxylic acids is 2. The van der Waals surface area contributed by atoms with Crippen molar-refractivity contribution in [2.45, 2.75) is 17.9 Å². The summed E-state index contributed by atoms with van der Waals surface area (Å²) in [5, 5.41) is 10.4. The molecule has 3 aromatic rings. The number of hydrogen-bond acceptors (Lipinski definition) is 4. The molecule has 1 aromatic heterocycles. The van der Waals surface area contributed by atoms with Gasteiger partial charge in [-0.15, -0.1) is 11.8 Å². The fourth-order valence-corrected chi connectivity index (χ4v) is 3.49. The number of aromatic nitrogens is 2. The van der Waals surface area contributed by atoms with Crippen molar-refractivity contribution < 1.29 is 9.59 Å². The molecule has 144 valence electrons. The molecule has 0 bridgehead atoms. The van der Waals surface area contributed by atoms with E-state index in [2.05, 4.69) is 15.7 Å². The average molecular weight is 415 g/mol. The Kier molecular flexibility index (Phi) is 6.73. The first-order valence-corrected chi connectivity index (χ1v) is 9.96. The average Bonchev–Trinajstić information content (AvgIpc) is 3.22. The zero-order valence-corrected chi connectivity index (χ0v) is 16.7. The summed E-state index contributed by atoms with van der Waals surface area (Å²) in [4.78, 5) is 25.4. The molecule has 0 radical (unpaired) electrons. The number of amides is 2. The van der Waals surface area contributed by atoms with Gasteiger partial charge >= 0.3 is 0 Å². The second kappa shape index (κ2) is 9.43. The molecule has 2 amide bonds. The minimum atomic E-state index is -0.444. The Morgan fingerprint density at radius 2 is 1.86 bits per heavy atom. The van der Waals surface area contributed by atoms with Crippen LogP contribution in [0.1, 0.15) is 13.0 Å². The van der Waals surface area contributed by atoms with Gasteiger partial charge in [-0.3, -0.25) is 14.3 Å². The maximum Gasteiger partial charge on any atom is 0.248 e. The van der Waals surface area contributed by atoms with Gasteiger partial charge in [-0.1, -0.05) is 29.8 Å². The molecule has 8 heteroatoms. The highest BCUT2D eigenvalue weighted by Crippen LogP contribution is 2.26. The first-order chi connectivity index (χ1) is 13.5. The summed E-state index contributed by atoms with van der Waals surface area (Å²) >= 11 is 7.47. The van der Waals surface area contributed by atoms with Gasteiger partial charge in [0.15, 0.2) is 0 Å². The molecule has 28 heavy (non-hydrogen) atoms. The van der Waals surface area contributed by atoms with E-state index in [4.69, 9.17) is 11.6 Å². The molecule has 0 aliphatic carbocycles. The first kappa shape index (κ1) is 20.0. The van der Waals surface area contributed by atoms with Gasteiger partial charge in [-0.25, -0.2) is 0 Å². The molecule has 2 N–H and O–H groups in total. The lowest BCUT2D eigenvalue weighted by atomic mass is 10.2. The minimum absolute atomic E-state index is 0.154. The quantitative estimate of drug-likeness (QED) is 0.559. The van der Waals surface area contributed by atoms with Gasteiger partial charge in [0.25, 0.3) is 0 Å². The van der Waals surface area contributed by atoms with Crippen molar-refractivity contribution in [1.82, 2.24) is 9.78 Å². The molecule has 0 saturated heterocycles. The molecule has 0 fully saturated rings. The van der Waals surface area contributed by atoms with Crippen LogP contribution in [0, 0.1) is 0 Å². The fraction of sp³-hybridized carbons (Fsp3) is 0.150. The molecule has 0 spiro atoms. The molecule has 1 heterocycles. The summed E-state index contributed by atoms with van der Waals surface area (Å²) in [6, 6.07) is 15.7. The Balaban J connectivity index is 1.56. The smallest absolute Gasteiger partial charge is 0.248 e. The predicted molar refractivity (Wildman–Crippen MR) is 113 cm³/mol. The molecule has 6 nitrogen and oxygen atoms in total. The van der Waals surface area contributed by atoms with E-state index in [0.29, 0.717) is 16.4 Å². The van der Waals surface area contributed by atoms with E-state index in [1.807, 2.05) is 18.2 Å². The summed E-state index contributed by atoms with van der Waals surface area (Å²) in [6.45, 7) is 1.76. The third-order valence-corrected chi connectivity index (χ3v) is 5.43. The molecule has 1 unspecified atom stereocenters. The van der Waals surface area contributed by atoms with Crippen LogP contribution in [0.5, 0.6) is 0 Å². The van der Waals surface area contributed by atoms with Crippen LogP contribution in [0.4, 0.5) is 11.4 Å². The third kappa shape index (κ3) is 5.37. The lowest BCUT2D eigenvalue weighted by Gasteiger charge is -2.13. The number of anilines is 2. The minimum Gasteiger partial charge on any atom is -0.325 e. The van der Waals surface area contributed by atoms with Gasteiger partial charge in [0.1, 0.15) is 6.04 Å². The Morgan fingerprint density at radius 3 is 2.57 bits per heavy atom. The lowest BCUT2D eigenvalue weighted by Crippen LogP contribution is -2.24. The molecular weight excluding hydrogens is 396 g/mol. The summed E-state index contributed by atoms with van der Waals surface area (Å²) in [5.74, 6) is -0.115. The number of hydrogen-bond donors (Lipinski definition) is 2. The van der Waals surface area contributed by atoms with Gasteiger partial charge in [0.05, 0.1) is 10.8 Å². The van der Waals surface area contributed by atoms with Crippen LogP contribution in [-0.4, -0.2) is 27.3 Å². The lowest BCUT2D eigenvalue weighted by molar-refractivity contribution is -0.119. The Labute approximate surface area is 172 Å². The molecule has 0 aliphatic rings. The summed E-state index contributed by atoms with van der Waals surface area (Å²) < 4.78 is 1.58. The van der Waals surface area contributed by atoms with Crippen LogP contribution >= 0.6 is 23.4 Å². The van der Waals surface area contributed by atoms with Crippen LogP contribution in [0.2, 0.25) is 5.02 Å². The van der Waals surface area contributed by atoms with Crippen LogP contribution in [0.3, 0.4) is 0 Å². The van der Waals surface area contributed by atoms with E-state index in [1.54, 1.807) is 60.4 Å². The number of benzene rings is 2. The standard InChI is InChI=1S/C20H19ClN4O2S/c1-14(25-11-5-10-22-25)20(27)24-16-7-4-6-15(12-16)23-19(26)13-28-18-9-3-2-8-17(18)21/h2-12,14H,13H2,1H3,(H,23,26)(H,24,27). The molecule has 0 saturated carbocycles. The Morgan fingerprint density at radius 1 is 1.11 bits per heavy atom. The second-order valence-electron chi connectivity index (χ2n) is 6.00. The van der Waals surface area contributed by atoms with E-state index in [0.717, 1.165) is 4.90 Å². The van der Waals surface area contributed by atoms with Gasteiger partial charge in [-0.2, -0.15) is 5.10 Å². The van der Waals surface area contributed by atoms with Gasteiger partial charge in [0.2, 0.25) is 11.8 Å². The Bertz CT molecular complexity index is 962. The SMILES string of the molecule is CC(C(=O)Nc1cccc(NC(=O)CSc2ccccc2Cl)c1)n1cccn1. The maximum atomic E-state index is 12.4. The highest BCUT2D eigenvalue weighted by atomic mass is 35.5. The summed E-state index contributed by atoms with van der Waals surface area (Å²) in [5.41, 5.74) is 1.20. The number of halogens is 1. The Hall–Kier alpha value is -2.77. The highest BCUT2D eigenvalue weighted by Gasteiger charge is 2.15. The van der Waals surface area contributed by atoms with E-state index in [1.165, 1.54) is 11.8 Å². The third-order valence-electron chi connectivity index (χ3n) is 3.91. The van der Waals surface area contributed by atoms with Crippen molar-refractivity contribution in [2.24, 2.45) is 0 Å². The molecule has 1 atom stereocenters. The molecule has 3 rings (SSSR count). The van der Waals surface area contributed by atoms with Crippen LogP contribution < -0.4 is 10.6 Å². The number of nitrogens with one attached hydrogen (secondary N) is 2. The number of rotatable bonds is 7.